The topological polar surface area (TPSA) is 113 Å². The smallest absolute Gasteiger partial charge is 0.328 e. The van der Waals surface area contributed by atoms with Gasteiger partial charge in [-0.3, -0.25) is 4.79 Å². The van der Waals surface area contributed by atoms with Crippen LogP contribution in [0.15, 0.2) is 10.8 Å². The Kier molecular flexibility index (Phi) is 3.62. The number of aryl methyl sites for hydroxylation is 1. The molecule has 1 rings (SSSR count). The van der Waals surface area contributed by atoms with Crippen LogP contribution in [0.4, 0.5) is 0 Å². The highest BCUT2D eigenvalue weighted by atomic mass is 16.4. The SMILES string of the molecule is Cc1ncoc1C(=O)NC(C(=O)O)C(C)O. The lowest BCUT2D eigenvalue weighted by molar-refractivity contribution is -0.141. The van der Waals surface area contributed by atoms with Gasteiger partial charge in [-0.1, -0.05) is 0 Å². The first-order valence-electron chi connectivity index (χ1n) is 4.55. The first kappa shape index (κ1) is 12.2. The molecular formula is C9H12N2O5. The van der Waals surface area contributed by atoms with E-state index < -0.39 is 24.0 Å². The number of nitrogens with zero attached hydrogens (tertiary/aromatic N) is 1. The van der Waals surface area contributed by atoms with Gasteiger partial charge in [-0.15, -0.1) is 0 Å². The van der Waals surface area contributed by atoms with Gasteiger partial charge in [0.2, 0.25) is 5.76 Å². The predicted molar refractivity (Wildman–Crippen MR) is 51.8 cm³/mol. The van der Waals surface area contributed by atoms with E-state index in [4.69, 9.17) is 14.6 Å². The van der Waals surface area contributed by atoms with Crippen LogP contribution in [0, 0.1) is 6.92 Å². The van der Waals surface area contributed by atoms with Gasteiger partial charge in [0.25, 0.3) is 5.91 Å². The number of oxazole rings is 1. The minimum atomic E-state index is -1.38. The Balaban J connectivity index is 2.77. The zero-order valence-electron chi connectivity index (χ0n) is 8.80. The molecule has 1 aromatic heterocycles. The highest BCUT2D eigenvalue weighted by Crippen LogP contribution is 2.05. The second-order valence-electron chi connectivity index (χ2n) is 3.30. The summed E-state index contributed by atoms with van der Waals surface area (Å²) in [5, 5.41) is 20.0. The maximum absolute atomic E-state index is 11.5. The molecule has 16 heavy (non-hydrogen) atoms. The highest BCUT2D eigenvalue weighted by molar-refractivity contribution is 5.95. The van der Waals surface area contributed by atoms with E-state index in [9.17, 15) is 9.59 Å². The van der Waals surface area contributed by atoms with Crippen LogP contribution >= 0.6 is 0 Å². The first-order chi connectivity index (χ1) is 7.43. The van der Waals surface area contributed by atoms with Crippen molar-refractivity contribution in [3.05, 3.63) is 17.8 Å². The molecule has 0 aromatic carbocycles. The maximum Gasteiger partial charge on any atom is 0.328 e. The lowest BCUT2D eigenvalue weighted by Gasteiger charge is -2.16. The Morgan fingerprint density at radius 2 is 2.19 bits per heavy atom. The van der Waals surface area contributed by atoms with Crippen molar-refractivity contribution in [1.82, 2.24) is 10.3 Å². The van der Waals surface area contributed by atoms with Crippen molar-refractivity contribution < 1.29 is 24.2 Å². The summed E-state index contributed by atoms with van der Waals surface area (Å²) >= 11 is 0. The molecule has 2 atom stereocenters. The lowest BCUT2D eigenvalue weighted by atomic mass is 10.2. The molecule has 0 radical (unpaired) electrons. The maximum atomic E-state index is 11.5. The average molecular weight is 228 g/mol. The molecule has 0 saturated heterocycles. The molecule has 1 aromatic rings. The molecule has 7 nitrogen and oxygen atoms in total. The molecule has 0 fully saturated rings. The minimum Gasteiger partial charge on any atom is -0.480 e. The van der Waals surface area contributed by atoms with Gasteiger partial charge < -0.3 is 19.9 Å². The quantitative estimate of drug-likeness (QED) is 0.643. The van der Waals surface area contributed by atoms with Gasteiger partial charge in [-0.2, -0.15) is 0 Å². The molecule has 1 heterocycles. The number of carboxylic acids is 1. The van der Waals surface area contributed by atoms with Crippen LogP contribution in [-0.4, -0.2) is 39.2 Å². The molecular weight excluding hydrogens is 216 g/mol. The van der Waals surface area contributed by atoms with Crippen LogP contribution < -0.4 is 5.32 Å². The number of aliphatic hydroxyl groups is 1. The van der Waals surface area contributed by atoms with Crippen LogP contribution in [0.2, 0.25) is 0 Å². The Morgan fingerprint density at radius 1 is 1.56 bits per heavy atom. The van der Waals surface area contributed by atoms with Gasteiger partial charge in [-0.05, 0) is 13.8 Å². The molecule has 0 spiro atoms. The Hall–Kier alpha value is -1.89. The standard InChI is InChI=1S/C9H12N2O5/c1-4-7(16-3-10-4)8(13)11-6(5(2)12)9(14)15/h3,5-6,12H,1-2H3,(H,11,13)(H,14,15). The van der Waals surface area contributed by atoms with E-state index in [2.05, 4.69) is 10.3 Å². The van der Waals surface area contributed by atoms with Gasteiger partial charge in [0.05, 0.1) is 11.8 Å². The molecule has 88 valence electrons. The monoisotopic (exact) mass is 228 g/mol. The summed E-state index contributed by atoms with van der Waals surface area (Å²) in [6.45, 7) is 2.82. The van der Waals surface area contributed by atoms with E-state index in [-0.39, 0.29) is 5.76 Å². The fraction of sp³-hybridized carbons (Fsp3) is 0.444. The number of carbonyl (C=O) groups is 2. The van der Waals surface area contributed by atoms with Crippen molar-refractivity contribution >= 4 is 11.9 Å². The molecule has 0 aliphatic heterocycles. The number of hydrogen-bond donors (Lipinski definition) is 3. The Morgan fingerprint density at radius 3 is 2.56 bits per heavy atom. The summed E-state index contributed by atoms with van der Waals surface area (Å²) in [7, 11) is 0. The van der Waals surface area contributed by atoms with E-state index in [0.717, 1.165) is 6.39 Å². The largest absolute Gasteiger partial charge is 0.480 e. The van der Waals surface area contributed by atoms with E-state index >= 15 is 0 Å². The van der Waals surface area contributed by atoms with Gasteiger partial charge in [0.15, 0.2) is 12.4 Å². The van der Waals surface area contributed by atoms with Crippen LogP contribution in [-0.2, 0) is 4.79 Å². The fourth-order valence-corrected chi connectivity index (χ4v) is 1.12. The number of hydrogen-bond acceptors (Lipinski definition) is 5. The normalized spacial score (nSPS) is 14.2. The fourth-order valence-electron chi connectivity index (χ4n) is 1.12. The number of aromatic nitrogens is 1. The van der Waals surface area contributed by atoms with Gasteiger partial charge in [0.1, 0.15) is 0 Å². The number of nitrogens with one attached hydrogen (secondary N) is 1. The van der Waals surface area contributed by atoms with E-state index in [0.29, 0.717) is 5.69 Å². The molecule has 0 aliphatic carbocycles. The average Bonchev–Trinajstić information content (AvgIpc) is 2.59. The number of amides is 1. The third kappa shape index (κ3) is 2.57. The second kappa shape index (κ2) is 4.75. The molecule has 3 N–H and O–H groups in total. The number of aliphatic hydroxyl groups excluding tert-OH is 1. The number of carbonyl (C=O) groups excluding carboxylic acids is 1. The number of rotatable bonds is 4. The summed E-state index contributed by atoms with van der Waals surface area (Å²) in [5.74, 6) is -2.10. The molecule has 1 amide bonds. The number of carboxylic acid groups (broad SMARTS) is 1. The van der Waals surface area contributed by atoms with Crippen LogP contribution in [0.3, 0.4) is 0 Å². The van der Waals surface area contributed by atoms with Gasteiger partial charge >= 0.3 is 5.97 Å². The van der Waals surface area contributed by atoms with E-state index in [1.54, 1.807) is 6.92 Å². The Bertz CT molecular complexity index is 398. The van der Waals surface area contributed by atoms with Crippen molar-refractivity contribution in [3.8, 4) is 0 Å². The van der Waals surface area contributed by atoms with Crippen molar-refractivity contribution in [2.75, 3.05) is 0 Å². The molecule has 0 bridgehead atoms. The summed E-state index contributed by atoms with van der Waals surface area (Å²) in [5.41, 5.74) is 0.354. The zero-order chi connectivity index (χ0) is 12.3. The molecule has 0 saturated carbocycles. The van der Waals surface area contributed by atoms with Gasteiger partial charge in [0, 0.05) is 0 Å². The highest BCUT2D eigenvalue weighted by Gasteiger charge is 2.27. The molecule has 7 heteroatoms. The van der Waals surface area contributed by atoms with Crippen LogP contribution in [0.5, 0.6) is 0 Å². The number of aliphatic carboxylic acids is 1. The van der Waals surface area contributed by atoms with Gasteiger partial charge in [-0.25, -0.2) is 9.78 Å². The molecule has 2 unspecified atom stereocenters. The first-order valence-corrected chi connectivity index (χ1v) is 4.55. The van der Waals surface area contributed by atoms with Crippen molar-refractivity contribution in [1.29, 1.82) is 0 Å². The summed E-state index contributed by atoms with van der Waals surface area (Å²) in [6.07, 6.45) is -0.118. The third-order valence-electron chi connectivity index (χ3n) is 1.99. The Labute approximate surface area is 91.1 Å². The van der Waals surface area contributed by atoms with Crippen molar-refractivity contribution in [2.45, 2.75) is 26.0 Å². The van der Waals surface area contributed by atoms with Crippen molar-refractivity contribution in [2.24, 2.45) is 0 Å². The third-order valence-corrected chi connectivity index (χ3v) is 1.99. The minimum absolute atomic E-state index is 0.0631. The second-order valence-corrected chi connectivity index (χ2v) is 3.30. The van der Waals surface area contributed by atoms with E-state index in [1.807, 2.05) is 0 Å². The summed E-state index contributed by atoms with van der Waals surface area (Å²) in [6, 6.07) is -1.38. The molecule has 0 aliphatic rings. The zero-order valence-corrected chi connectivity index (χ0v) is 8.80. The predicted octanol–water partition coefficient (Wildman–Crippen LogP) is -0.453. The van der Waals surface area contributed by atoms with Crippen LogP contribution in [0.1, 0.15) is 23.2 Å². The summed E-state index contributed by atoms with van der Waals surface area (Å²) in [4.78, 5) is 25.9. The van der Waals surface area contributed by atoms with Crippen molar-refractivity contribution in [3.63, 3.8) is 0 Å². The summed E-state index contributed by atoms with van der Waals surface area (Å²) < 4.78 is 4.79. The lowest BCUT2D eigenvalue weighted by Crippen LogP contribution is -2.47. The van der Waals surface area contributed by atoms with Crippen LogP contribution in [0.25, 0.3) is 0 Å². The van der Waals surface area contributed by atoms with E-state index in [1.165, 1.54) is 6.92 Å².